The van der Waals surface area contributed by atoms with Crippen LogP contribution in [0.3, 0.4) is 0 Å². The van der Waals surface area contributed by atoms with Crippen molar-refractivity contribution in [3.63, 3.8) is 0 Å². The summed E-state index contributed by atoms with van der Waals surface area (Å²) >= 11 is 0. The molecule has 1 unspecified atom stereocenters. The molecule has 1 aromatic heterocycles. The van der Waals surface area contributed by atoms with Gasteiger partial charge in [0.05, 0.1) is 0 Å². The summed E-state index contributed by atoms with van der Waals surface area (Å²) in [5.41, 5.74) is 2.74. The largest absolute Gasteiger partial charge is 0.317 e. The second-order valence-corrected chi connectivity index (χ2v) is 5.03. The topological polar surface area (TPSA) is 24.9 Å². The molecule has 0 bridgehead atoms. The van der Waals surface area contributed by atoms with Gasteiger partial charge in [0.2, 0.25) is 0 Å². The molecular formula is C13H22N2. The lowest BCUT2D eigenvalue weighted by atomic mass is 9.80. The van der Waals surface area contributed by atoms with Gasteiger partial charge in [-0.2, -0.15) is 0 Å². The predicted octanol–water partition coefficient (Wildman–Crippen LogP) is 2.67. The third-order valence-electron chi connectivity index (χ3n) is 2.97. The molecule has 1 heterocycles. The van der Waals surface area contributed by atoms with E-state index in [1.807, 2.05) is 19.4 Å². The SMILES string of the molecule is CNC(C)CC(C)(C)c1cncc(C)c1. The minimum atomic E-state index is 0.182. The monoisotopic (exact) mass is 206 g/mol. The normalized spacial score (nSPS) is 13.9. The van der Waals surface area contributed by atoms with Crippen LogP contribution in [0, 0.1) is 6.92 Å². The van der Waals surface area contributed by atoms with E-state index < -0.39 is 0 Å². The van der Waals surface area contributed by atoms with Gasteiger partial charge < -0.3 is 5.32 Å². The van der Waals surface area contributed by atoms with E-state index in [0.717, 1.165) is 6.42 Å². The molecule has 0 amide bonds. The van der Waals surface area contributed by atoms with E-state index in [9.17, 15) is 0 Å². The van der Waals surface area contributed by atoms with E-state index in [1.165, 1.54) is 11.1 Å². The first-order valence-electron chi connectivity index (χ1n) is 5.55. The van der Waals surface area contributed by atoms with Crippen LogP contribution in [-0.2, 0) is 5.41 Å². The van der Waals surface area contributed by atoms with E-state index in [-0.39, 0.29) is 5.41 Å². The van der Waals surface area contributed by atoms with E-state index in [2.05, 4.69) is 44.1 Å². The zero-order valence-electron chi connectivity index (χ0n) is 10.5. The van der Waals surface area contributed by atoms with E-state index in [4.69, 9.17) is 0 Å². The highest BCUT2D eigenvalue weighted by Crippen LogP contribution is 2.28. The number of rotatable bonds is 4. The molecule has 0 aliphatic heterocycles. The highest BCUT2D eigenvalue weighted by Gasteiger charge is 2.23. The van der Waals surface area contributed by atoms with Crippen molar-refractivity contribution in [2.75, 3.05) is 7.05 Å². The number of hydrogen-bond donors (Lipinski definition) is 1. The molecule has 1 rings (SSSR count). The molecule has 1 aromatic rings. The quantitative estimate of drug-likeness (QED) is 0.819. The van der Waals surface area contributed by atoms with Gasteiger partial charge in [-0.1, -0.05) is 19.9 Å². The van der Waals surface area contributed by atoms with E-state index in [1.54, 1.807) is 0 Å². The first kappa shape index (κ1) is 12.2. The predicted molar refractivity (Wildman–Crippen MR) is 65.1 cm³/mol. The lowest BCUT2D eigenvalue weighted by molar-refractivity contribution is 0.404. The molecule has 0 radical (unpaired) electrons. The van der Waals surface area contributed by atoms with Crippen LogP contribution in [0.25, 0.3) is 0 Å². The lowest BCUT2D eigenvalue weighted by Crippen LogP contribution is -2.31. The van der Waals surface area contributed by atoms with Crippen LogP contribution in [0.15, 0.2) is 18.5 Å². The number of nitrogens with one attached hydrogen (secondary N) is 1. The zero-order chi connectivity index (χ0) is 11.5. The molecule has 0 spiro atoms. The summed E-state index contributed by atoms with van der Waals surface area (Å²) in [5, 5.41) is 3.28. The third-order valence-corrected chi connectivity index (χ3v) is 2.97. The lowest BCUT2D eigenvalue weighted by Gasteiger charge is -2.28. The van der Waals surface area contributed by atoms with E-state index in [0.29, 0.717) is 6.04 Å². The van der Waals surface area contributed by atoms with Gasteiger partial charge in [-0.15, -0.1) is 0 Å². The molecule has 84 valence electrons. The van der Waals surface area contributed by atoms with Crippen molar-refractivity contribution in [3.05, 3.63) is 29.6 Å². The van der Waals surface area contributed by atoms with Gasteiger partial charge in [0.25, 0.3) is 0 Å². The molecule has 0 aliphatic carbocycles. The minimum Gasteiger partial charge on any atom is -0.317 e. The fraction of sp³-hybridized carbons (Fsp3) is 0.615. The first-order valence-corrected chi connectivity index (χ1v) is 5.55. The third kappa shape index (κ3) is 3.31. The van der Waals surface area contributed by atoms with Crippen molar-refractivity contribution in [3.8, 4) is 0 Å². The van der Waals surface area contributed by atoms with Crippen LogP contribution in [0.5, 0.6) is 0 Å². The van der Waals surface area contributed by atoms with Gasteiger partial charge in [-0.25, -0.2) is 0 Å². The highest BCUT2D eigenvalue weighted by molar-refractivity contribution is 5.24. The Kier molecular flexibility index (Phi) is 3.86. The first-order chi connectivity index (χ1) is 6.95. The Morgan fingerprint density at radius 2 is 2.07 bits per heavy atom. The molecule has 15 heavy (non-hydrogen) atoms. The number of aryl methyl sites for hydroxylation is 1. The molecule has 0 saturated heterocycles. The molecular weight excluding hydrogens is 184 g/mol. The summed E-state index contributed by atoms with van der Waals surface area (Å²) in [5.74, 6) is 0. The molecule has 2 heteroatoms. The van der Waals surface area contributed by atoms with Crippen LogP contribution in [-0.4, -0.2) is 18.1 Å². The van der Waals surface area contributed by atoms with Gasteiger partial charge >= 0.3 is 0 Å². The summed E-state index contributed by atoms with van der Waals surface area (Å²) in [6, 6.07) is 2.76. The van der Waals surface area contributed by atoms with Crippen LogP contribution < -0.4 is 5.32 Å². The molecule has 0 saturated carbocycles. The molecule has 1 N–H and O–H groups in total. The van der Waals surface area contributed by atoms with Crippen LogP contribution in [0.4, 0.5) is 0 Å². The number of aromatic nitrogens is 1. The molecule has 0 fully saturated rings. The Morgan fingerprint density at radius 1 is 1.40 bits per heavy atom. The standard InChI is InChI=1S/C13H22N2/c1-10-6-12(9-15-8-10)13(3,4)7-11(2)14-5/h6,8-9,11,14H,7H2,1-5H3. The fourth-order valence-electron chi connectivity index (χ4n) is 1.91. The highest BCUT2D eigenvalue weighted by atomic mass is 14.9. The Hall–Kier alpha value is -0.890. The summed E-state index contributed by atoms with van der Waals surface area (Å²) < 4.78 is 0. The van der Waals surface area contributed by atoms with Gasteiger partial charge in [0.1, 0.15) is 0 Å². The molecule has 0 aliphatic rings. The van der Waals surface area contributed by atoms with Crippen LogP contribution in [0.1, 0.15) is 38.3 Å². The van der Waals surface area contributed by atoms with Crippen molar-refractivity contribution in [2.45, 2.75) is 45.6 Å². The summed E-state index contributed by atoms with van der Waals surface area (Å²) in [7, 11) is 2.01. The average Bonchev–Trinajstić information content (AvgIpc) is 2.17. The zero-order valence-corrected chi connectivity index (χ0v) is 10.5. The van der Waals surface area contributed by atoms with E-state index >= 15 is 0 Å². The summed E-state index contributed by atoms with van der Waals surface area (Å²) in [6.45, 7) is 8.85. The van der Waals surface area contributed by atoms with Crippen molar-refractivity contribution in [1.29, 1.82) is 0 Å². The number of nitrogens with zero attached hydrogens (tertiary/aromatic N) is 1. The summed E-state index contributed by atoms with van der Waals surface area (Å²) in [6.07, 6.45) is 5.01. The van der Waals surface area contributed by atoms with Gasteiger partial charge in [-0.05, 0) is 43.9 Å². The minimum absolute atomic E-state index is 0.182. The summed E-state index contributed by atoms with van der Waals surface area (Å²) in [4.78, 5) is 4.26. The maximum atomic E-state index is 4.26. The van der Waals surface area contributed by atoms with Crippen molar-refractivity contribution in [2.24, 2.45) is 0 Å². The number of pyridine rings is 1. The second kappa shape index (κ2) is 4.75. The van der Waals surface area contributed by atoms with Crippen LogP contribution >= 0.6 is 0 Å². The Bertz CT molecular complexity index is 318. The Balaban J connectivity index is 2.85. The van der Waals surface area contributed by atoms with Crippen molar-refractivity contribution >= 4 is 0 Å². The molecule has 2 nitrogen and oxygen atoms in total. The average molecular weight is 206 g/mol. The van der Waals surface area contributed by atoms with Crippen LogP contribution in [0.2, 0.25) is 0 Å². The van der Waals surface area contributed by atoms with Gasteiger partial charge in [-0.3, -0.25) is 4.98 Å². The Morgan fingerprint density at radius 3 is 2.60 bits per heavy atom. The fourth-order valence-corrected chi connectivity index (χ4v) is 1.91. The smallest absolute Gasteiger partial charge is 0.0305 e. The van der Waals surface area contributed by atoms with Crippen molar-refractivity contribution < 1.29 is 0 Å². The maximum Gasteiger partial charge on any atom is 0.0305 e. The number of hydrogen-bond acceptors (Lipinski definition) is 2. The van der Waals surface area contributed by atoms with Crippen molar-refractivity contribution in [1.82, 2.24) is 10.3 Å². The maximum absolute atomic E-state index is 4.26. The molecule has 1 atom stereocenters. The Labute approximate surface area is 93.1 Å². The second-order valence-electron chi connectivity index (χ2n) is 5.03. The molecule has 0 aromatic carbocycles. The van der Waals surface area contributed by atoms with Gasteiger partial charge in [0, 0.05) is 18.4 Å². The van der Waals surface area contributed by atoms with Gasteiger partial charge in [0.15, 0.2) is 0 Å².